The second-order valence-electron chi connectivity index (χ2n) is 7.88. The predicted molar refractivity (Wildman–Crippen MR) is 114 cm³/mol. The van der Waals surface area contributed by atoms with Crippen LogP contribution in [0.2, 0.25) is 0 Å². The summed E-state index contributed by atoms with van der Waals surface area (Å²) in [6.07, 6.45) is 4.07. The average Bonchev–Trinajstić information content (AvgIpc) is 3.55. The molecule has 1 aliphatic carbocycles. The van der Waals surface area contributed by atoms with Gasteiger partial charge in [0.25, 0.3) is 11.8 Å². The smallest absolute Gasteiger partial charge is 0.343 e. The van der Waals surface area contributed by atoms with Crippen molar-refractivity contribution in [1.82, 2.24) is 34.6 Å². The number of hydrogen-bond acceptors (Lipinski definition) is 8. The number of nitrogens with one attached hydrogen (secondary N) is 2. The largest absolute Gasteiger partial charge is 0.408 e. The average molecular weight is 475 g/mol. The zero-order valence-electron chi connectivity index (χ0n) is 18.2. The van der Waals surface area contributed by atoms with Crippen LogP contribution in [0.4, 0.5) is 30.4 Å². The molecule has 2 amide bonds. The first-order valence-corrected chi connectivity index (χ1v) is 10.2. The minimum absolute atomic E-state index is 0.0971. The van der Waals surface area contributed by atoms with Crippen LogP contribution in [-0.4, -0.2) is 66.7 Å². The fourth-order valence-electron chi connectivity index (χ4n) is 3.06. The summed E-state index contributed by atoms with van der Waals surface area (Å²) in [4.78, 5) is 43.3. The van der Waals surface area contributed by atoms with E-state index in [1.807, 2.05) is 0 Å². The maximum atomic E-state index is 13.2. The summed E-state index contributed by atoms with van der Waals surface area (Å²) in [5.41, 5.74) is 0.462. The number of amides is 2. The van der Waals surface area contributed by atoms with Gasteiger partial charge in [-0.25, -0.2) is 19.9 Å². The second kappa shape index (κ2) is 9.03. The van der Waals surface area contributed by atoms with Gasteiger partial charge in [-0.1, -0.05) is 0 Å². The highest BCUT2D eigenvalue weighted by Crippen LogP contribution is 2.39. The summed E-state index contributed by atoms with van der Waals surface area (Å²) in [6.45, 7) is -1.42. The van der Waals surface area contributed by atoms with E-state index in [9.17, 15) is 22.8 Å². The van der Waals surface area contributed by atoms with Gasteiger partial charge in [0.15, 0.2) is 17.2 Å². The number of carbonyl (C=O) groups excluding carboxylic acids is 2. The number of halogens is 3. The quantitative estimate of drug-likeness (QED) is 0.533. The van der Waals surface area contributed by atoms with Crippen LogP contribution in [0.15, 0.2) is 31.1 Å². The molecule has 178 valence electrons. The molecule has 34 heavy (non-hydrogen) atoms. The van der Waals surface area contributed by atoms with Crippen molar-refractivity contribution in [1.29, 1.82) is 0 Å². The molecule has 1 saturated carbocycles. The molecule has 3 aromatic rings. The Morgan fingerprint density at radius 1 is 1.15 bits per heavy atom. The van der Waals surface area contributed by atoms with Gasteiger partial charge < -0.3 is 15.5 Å². The first-order valence-electron chi connectivity index (χ1n) is 10.2. The van der Waals surface area contributed by atoms with E-state index in [1.54, 1.807) is 6.20 Å². The number of nitrogens with zero attached hydrogens (tertiary/aromatic N) is 7. The molecule has 3 aromatic heterocycles. The standard InChI is InChI=1S/C20H20F3N9O2/c1-31(2)19(34)15-14(8-32(30-15)9-20(21,22)23)29-18(33)16-17(27-12-5-24-10-25-6-12)26-7-13(28-16)11-3-4-11/h5-8,10-11H,3-4,9H2,1-2H3,(H,26,27)(H,29,33). The molecule has 14 heteroatoms. The van der Waals surface area contributed by atoms with E-state index >= 15 is 0 Å². The van der Waals surface area contributed by atoms with Gasteiger partial charge in [-0.3, -0.25) is 14.3 Å². The van der Waals surface area contributed by atoms with Gasteiger partial charge in [0, 0.05) is 26.2 Å². The Bertz CT molecular complexity index is 1210. The van der Waals surface area contributed by atoms with E-state index in [-0.39, 0.29) is 28.8 Å². The molecule has 1 aliphatic rings. The third kappa shape index (κ3) is 5.44. The molecule has 0 bridgehead atoms. The van der Waals surface area contributed by atoms with Gasteiger partial charge in [0.1, 0.15) is 12.9 Å². The molecule has 0 atom stereocenters. The van der Waals surface area contributed by atoms with Crippen LogP contribution in [0, 0.1) is 0 Å². The highest BCUT2D eigenvalue weighted by atomic mass is 19.4. The van der Waals surface area contributed by atoms with Gasteiger partial charge in [0.2, 0.25) is 0 Å². The molecule has 11 nitrogen and oxygen atoms in total. The molecule has 1 fully saturated rings. The van der Waals surface area contributed by atoms with Gasteiger partial charge in [-0.05, 0) is 12.8 Å². The monoisotopic (exact) mass is 475 g/mol. The Balaban J connectivity index is 1.67. The fourth-order valence-corrected chi connectivity index (χ4v) is 3.06. The summed E-state index contributed by atoms with van der Waals surface area (Å²) >= 11 is 0. The molecule has 0 spiro atoms. The van der Waals surface area contributed by atoms with Crippen molar-refractivity contribution >= 4 is 29.0 Å². The lowest BCUT2D eigenvalue weighted by molar-refractivity contribution is -0.142. The summed E-state index contributed by atoms with van der Waals surface area (Å²) in [7, 11) is 2.84. The Labute approximate surface area is 191 Å². The lowest BCUT2D eigenvalue weighted by atomic mass is 10.2. The lowest BCUT2D eigenvalue weighted by Crippen LogP contribution is -2.25. The minimum Gasteiger partial charge on any atom is -0.343 e. The Hall–Kier alpha value is -4.10. The maximum Gasteiger partial charge on any atom is 0.408 e. The highest BCUT2D eigenvalue weighted by molar-refractivity contribution is 6.09. The predicted octanol–water partition coefficient (Wildman–Crippen LogP) is 2.60. The molecule has 3 heterocycles. The molecule has 2 N–H and O–H groups in total. The van der Waals surface area contributed by atoms with Crippen molar-refractivity contribution in [3.8, 4) is 0 Å². The van der Waals surface area contributed by atoms with Crippen LogP contribution in [0.1, 0.15) is 45.4 Å². The van der Waals surface area contributed by atoms with Crippen LogP contribution in [0.25, 0.3) is 0 Å². The summed E-state index contributed by atoms with van der Waals surface area (Å²) < 4.78 is 39.2. The van der Waals surface area contributed by atoms with E-state index in [2.05, 4.69) is 35.7 Å². The van der Waals surface area contributed by atoms with Gasteiger partial charge in [-0.15, -0.1) is 0 Å². The van der Waals surface area contributed by atoms with E-state index in [4.69, 9.17) is 0 Å². The summed E-state index contributed by atoms with van der Waals surface area (Å²) in [6, 6.07) is 0. The number of carbonyl (C=O) groups is 2. The molecule has 0 unspecified atom stereocenters. The van der Waals surface area contributed by atoms with Crippen molar-refractivity contribution in [2.45, 2.75) is 31.5 Å². The molecular weight excluding hydrogens is 455 g/mol. The highest BCUT2D eigenvalue weighted by Gasteiger charge is 2.31. The summed E-state index contributed by atoms with van der Waals surface area (Å²) in [5.74, 6) is -1.16. The van der Waals surface area contributed by atoms with Crippen LogP contribution in [-0.2, 0) is 6.54 Å². The van der Waals surface area contributed by atoms with Crippen molar-refractivity contribution in [2.75, 3.05) is 24.7 Å². The molecular formula is C20H20F3N9O2. The lowest BCUT2D eigenvalue weighted by Gasteiger charge is -2.12. The number of hydrogen-bond donors (Lipinski definition) is 2. The van der Waals surface area contributed by atoms with Crippen molar-refractivity contribution in [3.63, 3.8) is 0 Å². The third-order valence-electron chi connectivity index (χ3n) is 4.79. The van der Waals surface area contributed by atoms with Crippen molar-refractivity contribution in [3.05, 3.63) is 48.2 Å². The number of rotatable bonds is 7. The minimum atomic E-state index is -4.56. The van der Waals surface area contributed by atoms with Crippen LogP contribution < -0.4 is 10.6 Å². The number of alkyl halides is 3. The van der Waals surface area contributed by atoms with Crippen LogP contribution in [0.5, 0.6) is 0 Å². The Kier molecular flexibility index (Phi) is 6.13. The van der Waals surface area contributed by atoms with Crippen molar-refractivity contribution in [2.24, 2.45) is 0 Å². The first-order chi connectivity index (χ1) is 16.1. The third-order valence-corrected chi connectivity index (χ3v) is 4.79. The second-order valence-corrected chi connectivity index (χ2v) is 7.88. The van der Waals surface area contributed by atoms with Crippen LogP contribution >= 0.6 is 0 Å². The van der Waals surface area contributed by atoms with E-state index in [0.717, 1.165) is 23.9 Å². The fraction of sp³-hybridized carbons (Fsp3) is 0.350. The Morgan fingerprint density at radius 3 is 2.47 bits per heavy atom. The van der Waals surface area contributed by atoms with Crippen molar-refractivity contribution < 1.29 is 22.8 Å². The number of anilines is 3. The molecule has 0 aromatic carbocycles. The SMILES string of the molecule is CN(C)C(=O)c1nn(CC(F)(F)F)cc1NC(=O)c1nc(C2CC2)cnc1Nc1cncnc1. The molecule has 0 aliphatic heterocycles. The normalized spacial score (nSPS) is 13.4. The van der Waals surface area contributed by atoms with Gasteiger partial charge in [-0.2, -0.15) is 18.3 Å². The van der Waals surface area contributed by atoms with E-state index in [1.165, 1.54) is 32.8 Å². The first kappa shape index (κ1) is 23.1. The molecule has 0 radical (unpaired) electrons. The molecule has 4 rings (SSSR count). The zero-order chi connectivity index (χ0) is 24.5. The van der Waals surface area contributed by atoms with Gasteiger partial charge in [0.05, 0.1) is 35.7 Å². The van der Waals surface area contributed by atoms with E-state index in [0.29, 0.717) is 16.1 Å². The topological polar surface area (TPSA) is 131 Å². The van der Waals surface area contributed by atoms with Crippen LogP contribution in [0.3, 0.4) is 0 Å². The van der Waals surface area contributed by atoms with Gasteiger partial charge >= 0.3 is 6.18 Å². The zero-order valence-corrected chi connectivity index (χ0v) is 18.2. The maximum absolute atomic E-state index is 13.2. The Morgan fingerprint density at radius 2 is 1.85 bits per heavy atom. The number of aromatic nitrogens is 6. The van der Waals surface area contributed by atoms with E-state index < -0.39 is 24.5 Å². The summed E-state index contributed by atoms with van der Waals surface area (Å²) in [5, 5.41) is 9.12. The molecule has 0 saturated heterocycles.